The summed E-state index contributed by atoms with van der Waals surface area (Å²) >= 11 is 6.59. The molecule has 0 radical (unpaired) electrons. The van der Waals surface area contributed by atoms with Crippen molar-refractivity contribution in [3.8, 4) is 11.5 Å². The fourth-order valence-corrected chi connectivity index (χ4v) is 3.03. The van der Waals surface area contributed by atoms with Crippen LogP contribution < -0.4 is 11.1 Å². The molecule has 7 heteroatoms. The van der Waals surface area contributed by atoms with E-state index < -0.39 is 11.7 Å². The highest BCUT2D eigenvalue weighted by Crippen LogP contribution is 2.35. The Bertz CT molecular complexity index is 666. The summed E-state index contributed by atoms with van der Waals surface area (Å²) in [5.41, 5.74) is 6.65. The average molecular weight is 402 g/mol. The summed E-state index contributed by atoms with van der Waals surface area (Å²) in [5, 5.41) is 21.7. The molecule has 0 fully saturated rings. The summed E-state index contributed by atoms with van der Waals surface area (Å²) < 4.78 is 1.19. The standard InChI is InChI=1S/C13H10Br2N2O3/c14-8-4-6(16)5-9(15)11(8)17-13(20)7-2-1-3-10(18)12(7)19/h1-5,18-19H,16H2,(H,17,20). The molecule has 2 aromatic carbocycles. The molecule has 20 heavy (non-hydrogen) atoms. The van der Waals surface area contributed by atoms with Crippen LogP contribution in [0.2, 0.25) is 0 Å². The van der Waals surface area contributed by atoms with Crippen molar-refractivity contribution in [3.63, 3.8) is 0 Å². The van der Waals surface area contributed by atoms with Crippen LogP contribution >= 0.6 is 31.9 Å². The Labute approximate surface area is 131 Å². The second-order valence-electron chi connectivity index (χ2n) is 3.99. The minimum absolute atomic E-state index is 0.0272. The monoisotopic (exact) mass is 400 g/mol. The maximum atomic E-state index is 12.1. The highest BCUT2D eigenvalue weighted by molar-refractivity contribution is 9.11. The highest BCUT2D eigenvalue weighted by Gasteiger charge is 2.16. The minimum Gasteiger partial charge on any atom is -0.504 e. The number of hydrogen-bond donors (Lipinski definition) is 4. The summed E-state index contributed by atoms with van der Waals surface area (Å²) in [5.74, 6) is -1.37. The first-order valence-electron chi connectivity index (χ1n) is 5.47. The Morgan fingerprint density at radius 1 is 1.15 bits per heavy atom. The molecule has 0 aliphatic rings. The van der Waals surface area contributed by atoms with Crippen LogP contribution in [-0.4, -0.2) is 16.1 Å². The second kappa shape index (κ2) is 5.72. The molecule has 1 amide bonds. The van der Waals surface area contributed by atoms with Gasteiger partial charge in [-0.3, -0.25) is 4.79 Å². The molecule has 0 saturated heterocycles. The van der Waals surface area contributed by atoms with E-state index in [4.69, 9.17) is 5.73 Å². The number of amides is 1. The Hall–Kier alpha value is -1.73. The lowest BCUT2D eigenvalue weighted by Crippen LogP contribution is -2.13. The van der Waals surface area contributed by atoms with Crippen LogP contribution in [0.15, 0.2) is 39.3 Å². The Morgan fingerprint density at radius 3 is 2.35 bits per heavy atom. The lowest BCUT2D eigenvalue weighted by Gasteiger charge is -2.11. The molecule has 0 aromatic heterocycles. The van der Waals surface area contributed by atoms with E-state index in [9.17, 15) is 15.0 Å². The number of phenols is 2. The molecule has 0 atom stereocenters. The molecular formula is C13H10Br2N2O3. The molecule has 0 spiro atoms. The van der Waals surface area contributed by atoms with Gasteiger partial charge in [0, 0.05) is 14.6 Å². The fraction of sp³-hybridized carbons (Fsp3) is 0. The number of aromatic hydroxyl groups is 2. The van der Waals surface area contributed by atoms with E-state index in [-0.39, 0.29) is 11.3 Å². The first-order chi connectivity index (χ1) is 9.40. The average Bonchev–Trinajstić information content (AvgIpc) is 2.36. The number of para-hydroxylation sites is 1. The van der Waals surface area contributed by atoms with E-state index in [0.717, 1.165) is 0 Å². The molecule has 0 aliphatic carbocycles. The summed E-state index contributed by atoms with van der Waals surface area (Å²) in [6.07, 6.45) is 0. The zero-order valence-electron chi connectivity index (χ0n) is 10.0. The number of carbonyl (C=O) groups is 1. The van der Waals surface area contributed by atoms with Crippen molar-refractivity contribution < 1.29 is 15.0 Å². The topological polar surface area (TPSA) is 95.6 Å². The Morgan fingerprint density at radius 2 is 1.75 bits per heavy atom. The van der Waals surface area contributed by atoms with Crippen molar-refractivity contribution in [1.82, 2.24) is 0 Å². The van der Waals surface area contributed by atoms with Crippen molar-refractivity contribution in [2.75, 3.05) is 11.1 Å². The SMILES string of the molecule is Nc1cc(Br)c(NC(=O)c2cccc(O)c2O)c(Br)c1. The zero-order valence-corrected chi connectivity index (χ0v) is 13.2. The van der Waals surface area contributed by atoms with E-state index in [0.29, 0.717) is 20.3 Å². The molecule has 5 nitrogen and oxygen atoms in total. The maximum Gasteiger partial charge on any atom is 0.259 e. The normalized spacial score (nSPS) is 10.3. The van der Waals surface area contributed by atoms with E-state index in [1.54, 1.807) is 12.1 Å². The molecule has 5 N–H and O–H groups in total. The molecule has 2 aromatic rings. The number of halogens is 2. The summed E-state index contributed by atoms with van der Waals surface area (Å²) in [7, 11) is 0. The van der Waals surface area contributed by atoms with Gasteiger partial charge in [0.25, 0.3) is 5.91 Å². The predicted octanol–water partition coefficient (Wildman–Crippen LogP) is 3.46. The largest absolute Gasteiger partial charge is 0.504 e. The third-order valence-electron chi connectivity index (χ3n) is 2.56. The van der Waals surface area contributed by atoms with Crippen molar-refractivity contribution in [1.29, 1.82) is 0 Å². The van der Waals surface area contributed by atoms with Crippen LogP contribution in [0.3, 0.4) is 0 Å². The summed E-state index contributed by atoms with van der Waals surface area (Å²) in [6.45, 7) is 0. The van der Waals surface area contributed by atoms with Crippen molar-refractivity contribution in [3.05, 3.63) is 44.8 Å². The third-order valence-corrected chi connectivity index (χ3v) is 3.81. The van der Waals surface area contributed by atoms with Crippen LogP contribution in [0.1, 0.15) is 10.4 Å². The van der Waals surface area contributed by atoms with Gasteiger partial charge in [0.05, 0.1) is 11.3 Å². The smallest absolute Gasteiger partial charge is 0.259 e. The van der Waals surface area contributed by atoms with Crippen molar-refractivity contribution in [2.45, 2.75) is 0 Å². The number of phenolic OH excluding ortho intramolecular Hbond substituents is 2. The molecule has 104 valence electrons. The zero-order chi connectivity index (χ0) is 14.9. The quantitative estimate of drug-likeness (QED) is 0.457. The number of rotatable bonds is 2. The first-order valence-corrected chi connectivity index (χ1v) is 7.05. The van der Waals surface area contributed by atoms with Gasteiger partial charge in [-0.2, -0.15) is 0 Å². The van der Waals surface area contributed by atoms with Gasteiger partial charge in [-0.05, 0) is 56.1 Å². The van der Waals surface area contributed by atoms with Gasteiger partial charge in [-0.1, -0.05) is 6.07 Å². The van der Waals surface area contributed by atoms with Crippen LogP contribution in [0, 0.1) is 0 Å². The molecule has 0 bridgehead atoms. The Balaban J connectivity index is 2.36. The second-order valence-corrected chi connectivity index (χ2v) is 5.70. The number of nitrogens with one attached hydrogen (secondary N) is 1. The molecule has 0 aliphatic heterocycles. The van der Waals surface area contributed by atoms with Crippen molar-refractivity contribution in [2.24, 2.45) is 0 Å². The van der Waals surface area contributed by atoms with Crippen LogP contribution in [0.25, 0.3) is 0 Å². The molecule has 2 rings (SSSR count). The van der Waals surface area contributed by atoms with Gasteiger partial charge in [0.2, 0.25) is 0 Å². The van der Waals surface area contributed by atoms with Gasteiger partial charge in [-0.15, -0.1) is 0 Å². The summed E-state index contributed by atoms with van der Waals surface area (Å²) in [6, 6.07) is 7.45. The number of nitrogens with two attached hydrogens (primary N) is 1. The van der Waals surface area contributed by atoms with Gasteiger partial charge in [0.15, 0.2) is 11.5 Å². The lowest BCUT2D eigenvalue weighted by atomic mass is 10.1. The predicted molar refractivity (Wildman–Crippen MR) is 84.0 cm³/mol. The first kappa shape index (κ1) is 14.7. The lowest BCUT2D eigenvalue weighted by molar-refractivity contribution is 0.102. The van der Waals surface area contributed by atoms with Gasteiger partial charge < -0.3 is 21.3 Å². The molecule has 0 unspecified atom stereocenters. The molecule has 0 heterocycles. The van der Waals surface area contributed by atoms with Crippen LogP contribution in [0.5, 0.6) is 11.5 Å². The minimum atomic E-state index is -0.551. The van der Waals surface area contributed by atoms with Gasteiger partial charge >= 0.3 is 0 Å². The number of anilines is 2. The van der Waals surface area contributed by atoms with E-state index in [1.165, 1.54) is 18.2 Å². The van der Waals surface area contributed by atoms with E-state index in [2.05, 4.69) is 37.2 Å². The number of carbonyl (C=O) groups excluding carboxylic acids is 1. The van der Waals surface area contributed by atoms with Crippen LogP contribution in [0.4, 0.5) is 11.4 Å². The summed E-state index contributed by atoms with van der Waals surface area (Å²) in [4.78, 5) is 12.1. The van der Waals surface area contributed by atoms with Gasteiger partial charge in [0.1, 0.15) is 0 Å². The highest BCUT2D eigenvalue weighted by atomic mass is 79.9. The fourth-order valence-electron chi connectivity index (χ4n) is 1.61. The van der Waals surface area contributed by atoms with E-state index >= 15 is 0 Å². The molecular weight excluding hydrogens is 392 g/mol. The number of benzene rings is 2. The van der Waals surface area contributed by atoms with Crippen molar-refractivity contribution >= 4 is 49.1 Å². The van der Waals surface area contributed by atoms with Crippen LogP contribution in [-0.2, 0) is 0 Å². The maximum absolute atomic E-state index is 12.1. The van der Waals surface area contributed by atoms with Gasteiger partial charge in [-0.25, -0.2) is 0 Å². The third kappa shape index (κ3) is 2.88. The number of hydrogen-bond acceptors (Lipinski definition) is 4. The Kier molecular flexibility index (Phi) is 4.20. The molecule has 0 saturated carbocycles. The van der Waals surface area contributed by atoms with E-state index in [1.807, 2.05) is 0 Å². The number of nitrogen functional groups attached to an aromatic ring is 1.